The third-order valence-corrected chi connectivity index (χ3v) is 2.65. The normalized spacial score (nSPS) is 14.0. The van der Waals surface area contributed by atoms with Crippen molar-refractivity contribution in [2.75, 3.05) is 0 Å². The zero-order valence-electron chi connectivity index (χ0n) is 8.75. The van der Waals surface area contributed by atoms with Crippen LogP contribution >= 0.6 is 11.6 Å². The van der Waals surface area contributed by atoms with E-state index in [0.29, 0.717) is 10.6 Å². The molecule has 0 saturated carbocycles. The highest BCUT2D eigenvalue weighted by molar-refractivity contribution is 6.31. The molecule has 1 atom stereocenters. The fourth-order valence-electron chi connectivity index (χ4n) is 1.60. The lowest BCUT2D eigenvalue weighted by Gasteiger charge is -2.21. The molecule has 1 aromatic rings. The van der Waals surface area contributed by atoms with Gasteiger partial charge in [-0.1, -0.05) is 29.8 Å². The lowest BCUT2D eigenvalue weighted by Crippen LogP contribution is -2.23. The third kappa shape index (κ3) is 2.57. The van der Waals surface area contributed by atoms with Crippen LogP contribution in [0, 0.1) is 11.3 Å². The Morgan fingerprint density at radius 3 is 2.60 bits per heavy atom. The van der Waals surface area contributed by atoms with Gasteiger partial charge in [0.15, 0.2) is 0 Å². The average molecular weight is 222 g/mol. The fraction of sp³-hybridized carbons (Fsp3) is 0.333. The van der Waals surface area contributed by atoms with Gasteiger partial charge >= 0.3 is 0 Å². The number of nitrogens with zero attached hydrogens (tertiary/aromatic N) is 1. The van der Waals surface area contributed by atoms with Crippen molar-refractivity contribution < 1.29 is 4.79 Å². The largest absolute Gasteiger partial charge is 0.300 e. The Morgan fingerprint density at radius 2 is 2.13 bits per heavy atom. The van der Waals surface area contributed by atoms with Gasteiger partial charge in [-0.2, -0.15) is 5.26 Å². The van der Waals surface area contributed by atoms with Gasteiger partial charge in [-0.15, -0.1) is 0 Å². The number of hydrogen-bond acceptors (Lipinski definition) is 2. The number of rotatable bonds is 3. The summed E-state index contributed by atoms with van der Waals surface area (Å²) >= 11 is 6.01. The lowest BCUT2D eigenvalue weighted by atomic mass is 9.80. The molecule has 0 amide bonds. The standard InChI is InChI=1S/C12H12ClNO/c1-9(15)7-12(2,8-14)10-5-3-4-6-11(10)13/h3-6H,7H2,1-2H3. The Bertz CT molecular complexity index is 422. The zero-order valence-corrected chi connectivity index (χ0v) is 9.51. The quantitative estimate of drug-likeness (QED) is 0.787. The molecule has 0 aliphatic carbocycles. The summed E-state index contributed by atoms with van der Waals surface area (Å²) in [7, 11) is 0. The molecule has 1 aromatic carbocycles. The Hall–Kier alpha value is -1.33. The molecule has 0 saturated heterocycles. The fourth-order valence-corrected chi connectivity index (χ4v) is 1.95. The molecular weight excluding hydrogens is 210 g/mol. The molecule has 0 radical (unpaired) electrons. The molecule has 1 rings (SSSR count). The van der Waals surface area contributed by atoms with E-state index in [2.05, 4.69) is 6.07 Å². The van der Waals surface area contributed by atoms with Gasteiger partial charge in [0.05, 0.1) is 11.5 Å². The van der Waals surface area contributed by atoms with Crippen molar-refractivity contribution in [2.45, 2.75) is 25.7 Å². The maximum absolute atomic E-state index is 11.1. The SMILES string of the molecule is CC(=O)CC(C)(C#N)c1ccccc1Cl. The molecule has 0 heterocycles. The number of ketones is 1. The molecule has 1 unspecified atom stereocenters. The monoisotopic (exact) mass is 221 g/mol. The predicted octanol–water partition coefficient (Wildman–Crippen LogP) is 3.10. The summed E-state index contributed by atoms with van der Waals surface area (Å²) in [4.78, 5) is 11.1. The molecular formula is C12H12ClNO. The van der Waals surface area contributed by atoms with E-state index in [1.54, 1.807) is 25.1 Å². The van der Waals surface area contributed by atoms with Crippen LogP contribution < -0.4 is 0 Å². The molecule has 78 valence electrons. The average Bonchev–Trinajstić information content (AvgIpc) is 2.17. The van der Waals surface area contributed by atoms with Crippen molar-refractivity contribution in [3.05, 3.63) is 34.9 Å². The number of nitriles is 1. The molecule has 3 heteroatoms. The number of hydrogen-bond donors (Lipinski definition) is 0. The van der Waals surface area contributed by atoms with Crippen molar-refractivity contribution >= 4 is 17.4 Å². The van der Waals surface area contributed by atoms with Crippen LogP contribution in [0.15, 0.2) is 24.3 Å². The highest BCUT2D eigenvalue weighted by Gasteiger charge is 2.29. The predicted molar refractivity (Wildman–Crippen MR) is 59.7 cm³/mol. The summed E-state index contributed by atoms with van der Waals surface area (Å²) in [5.74, 6) is -0.0148. The maximum Gasteiger partial charge on any atom is 0.131 e. The molecule has 0 N–H and O–H groups in total. The Labute approximate surface area is 94.5 Å². The van der Waals surface area contributed by atoms with Crippen LogP contribution in [0.3, 0.4) is 0 Å². The smallest absolute Gasteiger partial charge is 0.131 e. The second kappa shape index (κ2) is 4.46. The van der Waals surface area contributed by atoms with E-state index in [9.17, 15) is 4.79 Å². The zero-order chi connectivity index (χ0) is 11.5. The van der Waals surface area contributed by atoms with E-state index >= 15 is 0 Å². The van der Waals surface area contributed by atoms with E-state index in [4.69, 9.17) is 16.9 Å². The van der Waals surface area contributed by atoms with Crippen LogP contribution in [0.25, 0.3) is 0 Å². The number of carbonyl (C=O) groups excluding carboxylic acids is 1. The van der Waals surface area contributed by atoms with Crippen LogP contribution in [0.4, 0.5) is 0 Å². The molecule has 0 aliphatic heterocycles. The lowest BCUT2D eigenvalue weighted by molar-refractivity contribution is -0.117. The third-order valence-electron chi connectivity index (χ3n) is 2.32. The number of halogens is 1. The van der Waals surface area contributed by atoms with Crippen molar-refractivity contribution in [1.29, 1.82) is 5.26 Å². The van der Waals surface area contributed by atoms with Crippen molar-refractivity contribution in [1.82, 2.24) is 0 Å². The van der Waals surface area contributed by atoms with Crippen LogP contribution in [0.5, 0.6) is 0 Å². The van der Waals surface area contributed by atoms with Crippen LogP contribution in [-0.4, -0.2) is 5.78 Å². The summed E-state index contributed by atoms with van der Waals surface area (Å²) in [6.07, 6.45) is 0.188. The van der Waals surface area contributed by atoms with Gasteiger partial charge in [-0.25, -0.2) is 0 Å². The first-order valence-corrected chi connectivity index (χ1v) is 5.03. The van der Waals surface area contributed by atoms with Crippen LogP contribution in [0.2, 0.25) is 5.02 Å². The molecule has 0 aliphatic rings. The van der Waals surface area contributed by atoms with E-state index in [-0.39, 0.29) is 12.2 Å². The number of benzene rings is 1. The summed E-state index contributed by atoms with van der Waals surface area (Å²) < 4.78 is 0. The molecule has 0 bridgehead atoms. The maximum atomic E-state index is 11.1. The van der Waals surface area contributed by atoms with Gasteiger partial charge < -0.3 is 0 Å². The van der Waals surface area contributed by atoms with E-state index < -0.39 is 5.41 Å². The first-order valence-electron chi connectivity index (χ1n) is 4.65. The first-order chi connectivity index (χ1) is 6.99. The van der Waals surface area contributed by atoms with Gasteiger partial charge in [0.2, 0.25) is 0 Å². The molecule has 15 heavy (non-hydrogen) atoms. The van der Waals surface area contributed by atoms with Crippen molar-refractivity contribution in [3.63, 3.8) is 0 Å². The summed E-state index contributed by atoms with van der Waals surface area (Å²) in [6.45, 7) is 3.21. The van der Waals surface area contributed by atoms with Crippen molar-refractivity contribution in [3.8, 4) is 6.07 Å². The van der Waals surface area contributed by atoms with Crippen LogP contribution in [-0.2, 0) is 10.2 Å². The Kier molecular flexibility index (Phi) is 3.49. The molecule has 0 spiro atoms. The molecule has 0 aromatic heterocycles. The first kappa shape index (κ1) is 11.7. The highest BCUT2D eigenvalue weighted by atomic mass is 35.5. The van der Waals surface area contributed by atoms with E-state index in [1.807, 2.05) is 6.07 Å². The van der Waals surface area contributed by atoms with E-state index in [1.165, 1.54) is 6.92 Å². The molecule has 2 nitrogen and oxygen atoms in total. The van der Waals surface area contributed by atoms with E-state index in [0.717, 1.165) is 0 Å². The van der Waals surface area contributed by atoms with Crippen LogP contribution in [0.1, 0.15) is 25.8 Å². The van der Waals surface area contributed by atoms with Gasteiger partial charge in [0.25, 0.3) is 0 Å². The molecule has 0 fully saturated rings. The van der Waals surface area contributed by atoms with Crippen molar-refractivity contribution in [2.24, 2.45) is 0 Å². The second-order valence-electron chi connectivity index (χ2n) is 3.80. The summed E-state index contributed by atoms with van der Waals surface area (Å²) in [5.41, 5.74) is -0.117. The topological polar surface area (TPSA) is 40.9 Å². The van der Waals surface area contributed by atoms with Gasteiger partial charge in [0.1, 0.15) is 5.78 Å². The van der Waals surface area contributed by atoms with Gasteiger partial charge in [-0.3, -0.25) is 4.79 Å². The second-order valence-corrected chi connectivity index (χ2v) is 4.21. The minimum absolute atomic E-state index is 0.0148. The number of Topliss-reactive ketones (excluding diaryl/α,β-unsaturated/α-hetero) is 1. The minimum atomic E-state index is -0.829. The van der Waals surface area contributed by atoms with Gasteiger partial charge in [0, 0.05) is 11.4 Å². The Balaban J connectivity index is 3.18. The summed E-state index contributed by atoms with van der Waals surface area (Å²) in [6, 6.07) is 9.30. The number of carbonyl (C=O) groups is 1. The van der Waals surface area contributed by atoms with Gasteiger partial charge in [-0.05, 0) is 25.5 Å². The minimum Gasteiger partial charge on any atom is -0.300 e. The Morgan fingerprint density at radius 1 is 1.53 bits per heavy atom. The summed E-state index contributed by atoms with van der Waals surface area (Å²) in [5, 5.41) is 9.68. The highest BCUT2D eigenvalue weighted by Crippen LogP contribution is 2.32.